The Morgan fingerprint density at radius 1 is 1.35 bits per heavy atom. The molecule has 0 aromatic carbocycles. The maximum Gasteiger partial charge on any atom is 0.149 e. The summed E-state index contributed by atoms with van der Waals surface area (Å²) in [6, 6.07) is 0.518. The van der Waals surface area contributed by atoms with E-state index in [0.29, 0.717) is 24.9 Å². The molecule has 1 atom stereocenters. The van der Waals surface area contributed by atoms with E-state index >= 15 is 0 Å². The van der Waals surface area contributed by atoms with Gasteiger partial charge in [-0.25, -0.2) is 0 Å². The molecule has 1 rings (SSSR count). The molecule has 100 valence electrons. The smallest absolute Gasteiger partial charge is 0.149 e. The van der Waals surface area contributed by atoms with Crippen LogP contribution in [0, 0.1) is 5.92 Å². The van der Waals surface area contributed by atoms with E-state index in [1.54, 1.807) is 0 Å². The molecule has 0 heterocycles. The molecule has 0 spiro atoms. The quantitative estimate of drug-likeness (QED) is 0.743. The summed E-state index contributed by atoms with van der Waals surface area (Å²) in [6.07, 6.45) is 7.15. The number of Topliss-reactive ketones (excluding diaryl/α,β-unsaturated/α-hetero) is 1. The van der Waals surface area contributed by atoms with Crippen LogP contribution in [0.2, 0.25) is 0 Å². The fourth-order valence-electron chi connectivity index (χ4n) is 2.55. The van der Waals surface area contributed by atoms with Gasteiger partial charge in [-0.1, -0.05) is 33.1 Å². The van der Waals surface area contributed by atoms with Gasteiger partial charge in [0.25, 0.3) is 0 Å². The molecule has 17 heavy (non-hydrogen) atoms. The first kappa shape index (κ1) is 14.7. The number of rotatable bonds is 7. The summed E-state index contributed by atoms with van der Waals surface area (Å²) in [5.74, 6) is 0.478. The molecule has 1 saturated carbocycles. The second kappa shape index (κ2) is 7.83. The summed E-state index contributed by atoms with van der Waals surface area (Å²) >= 11 is 0. The van der Waals surface area contributed by atoms with Crippen LogP contribution in [-0.2, 0) is 4.79 Å². The van der Waals surface area contributed by atoms with Crippen LogP contribution in [-0.4, -0.2) is 41.5 Å². The third-order valence-corrected chi connectivity index (χ3v) is 4.00. The van der Waals surface area contributed by atoms with Gasteiger partial charge in [-0.3, -0.25) is 9.69 Å². The minimum atomic E-state index is 0.153. The number of carbonyl (C=O) groups excluding carboxylic acids is 1. The molecule has 0 aromatic rings. The lowest BCUT2D eigenvalue weighted by molar-refractivity contribution is -0.124. The zero-order chi connectivity index (χ0) is 12.7. The molecular formula is C14H27NO2. The van der Waals surface area contributed by atoms with E-state index in [9.17, 15) is 4.79 Å². The van der Waals surface area contributed by atoms with Gasteiger partial charge in [-0.2, -0.15) is 0 Å². The SMILES string of the molecule is CCC(C)C(=O)CN(CCO)C1CCCCC1. The monoisotopic (exact) mass is 241 g/mol. The number of hydrogen-bond donors (Lipinski definition) is 1. The van der Waals surface area contributed by atoms with E-state index < -0.39 is 0 Å². The van der Waals surface area contributed by atoms with Crippen molar-refractivity contribution in [2.75, 3.05) is 19.7 Å². The molecule has 1 N–H and O–H groups in total. The second-order valence-electron chi connectivity index (χ2n) is 5.26. The molecule has 1 unspecified atom stereocenters. The number of carbonyl (C=O) groups is 1. The van der Waals surface area contributed by atoms with Gasteiger partial charge in [0.2, 0.25) is 0 Å². The summed E-state index contributed by atoms with van der Waals surface area (Å²) in [6.45, 7) is 5.39. The normalized spacial score (nSPS) is 19.5. The molecule has 0 saturated heterocycles. The van der Waals surface area contributed by atoms with Crippen LogP contribution in [0.4, 0.5) is 0 Å². The van der Waals surface area contributed by atoms with Gasteiger partial charge in [0, 0.05) is 18.5 Å². The molecule has 1 aliphatic rings. The Morgan fingerprint density at radius 3 is 2.53 bits per heavy atom. The van der Waals surface area contributed by atoms with Gasteiger partial charge >= 0.3 is 0 Å². The van der Waals surface area contributed by atoms with E-state index in [1.165, 1.54) is 32.1 Å². The van der Waals surface area contributed by atoms with Crippen molar-refractivity contribution in [1.82, 2.24) is 4.90 Å². The van der Waals surface area contributed by atoms with Crippen molar-refractivity contribution >= 4 is 5.78 Å². The van der Waals surface area contributed by atoms with Crippen LogP contribution in [0.5, 0.6) is 0 Å². The van der Waals surface area contributed by atoms with E-state index in [4.69, 9.17) is 5.11 Å². The Labute approximate surface area is 105 Å². The van der Waals surface area contributed by atoms with Crippen molar-refractivity contribution in [3.63, 3.8) is 0 Å². The summed E-state index contributed by atoms with van der Waals surface area (Å²) in [4.78, 5) is 14.2. The maximum absolute atomic E-state index is 12.0. The Bertz CT molecular complexity index is 224. The fraction of sp³-hybridized carbons (Fsp3) is 0.929. The number of ketones is 1. The van der Waals surface area contributed by atoms with Crippen LogP contribution in [0.1, 0.15) is 52.4 Å². The van der Waals surface area contributed by atoms with Gasteiger partial charge < -0.3 is 5.11 Å². The summed E-state index contributed by atoms with van der Waals surface area (Å²) in [5.41, 5.74) is 0. The lowest BCUT2D eigenvalue weighted by Gasteiger charge is -2.33. The van der Waals surface area contributed by atoms with E-state index in [-0.39, 0.29) is 12.5 Å². The van der Waals surface area contributed by atoms with Crippen LogP contribution >= 0.6 is 0 Å². The van der Waals surface area contributed by atoms with E-state index in [0.717, 1.165) is 6.42 Å². The number of nitrogens with zero attached hydrogens (tertiary/aromatic N) is 1. The minimum absolute atomic E-state index is 0.153. The van der Waals surface area contributed by atoms with E-state index in [2.05, 4.69) is 11.8 Å². The molecule has 1 fully saturated rings. The van der Waals surface area contributed by atoms with Crippen LogP contribution in [0.15, 0.2) is 0 Å². The third-order valence-electron chi connectivity index (χ3n) is 4.00. The van der Waals surface area contributed by atoms with Crippen molar-refractivity contribution in [2.24, 2.45) is 5.92 Å². The van der Waals surface area contributed by atoms with Crippen molar-refractivity contribution in [1.29, 1.82) is 0 Å². The van der Waals surface area contributed by atoms with Crippen molar-refractivity contribution in [3.05, 3.63) is 0 Å². The van der Waals surface area contributed by atoms with Gasteiger partial charge in [0.05, 0.1) is 13.2 Å². The number of aliphatic hydroxyl groups excluding tert-OH is 1. The molecule has 0 amide bonds. The Morgan fingerprint density at radius 2 is 2.00 bits per heavy atom. The van der Waals surface area contributed by atoms with Crippen LogP contribution in [0.3, 0.4) is 0 Å². The molecule has 3 nitrogen and oxygen atoms in total. The first-order valence-corrected chi connectivity index (χ1v) is 7.06. The molecular weight excluding hydrogens is 214 g/mol. The Balaban J connectivity index is 2.49. The van der Waals surface area contributed by atoms with Crippen molar-refractivity contribution in [2.45, 2.75) is 58.4 Å². The second-order valence-corrected chi connectivity index (χ2v) is 5.26. The third kappa shape index (κ3) is 4.76. The first-order chi connectivity index (χ1) is 8.19. The Hall–Kier alpha value is -0.410. The highest BCUT2D eigenvalue weighted by Gasteiger charge is 2.23. The highest BCUT2D eigenvalue weighted by atomic mass is 16.3. The predicted octanol–water partition coefficient (Wildman–Crippen LogP) is 2.23. The average molecular weight is 241 g/mol. The Kier molecular flexibility index (Phi) is 6.75. The summed E-state index contributed by atoms with van der Waals surface area (Å²) in [7, 11) is 0. The van der Waals surface area contributed by atoms with Gasteiger partial charge in [-0.15, -0.1) is 0 Å². The molecule has 3 heteroatoms. The van der Waals surface area contributed by atoms with Crippen molar-refractivity contribution < 1.29 is 9.90 Å². The predicted molar refractivity (Wildman–Crippen MR) is 70.0 cm³/mol. The molecule has 0 radical (unpaired) electrons. The van der Waals surface area contributed by atoms with Gasteiger partial charge in [-0.05, 0) is 19.3 Å². The lowest BCUT2D eigenvalue weighted by Crippen LogP contribution is -2.43. The highest BCUT2D eigenvalue weighted by molar-refractivity contribution is 5.82. The molecule has 0 aliphatic heterocycles. The standard InChI is InChI=1S/C14H27NO2/c1-3-12(2)14(17)11-15(9-10-16)13-7-5-4-6-8-13/h12-13,16H,3-11H2,1-2H3. The first-order valence-electron chi connectivity index (χ1n) is 7.06. The lowest BCUT2D eigenvalue weighted by atomic mass is 9.93. The number of hydrogen-bond acceptors (Lipinski definition) is 3. The van der Waals surface area contributed by atoms with E-state index in [1.807, 2.05) is 6.92 Å². The zero-order valence-corrected chi connectivity index (χ0v) is 11.3. The molecule has 1 aliphatic carbocycles. The zero-order valence-electron chi connectivity index (χ0n) is 11.3. The fourth-order valence-corrected chi connectivity index (χ4v) is 2.55. The van der Waals surface area contributed by atoms with Crippen LogP contribution in [0.25, 0.3) is 0 Å². The number of aliphatic hydroxyl groups is 1. The topological polar surface area (TPSA) is 40.5 Å². The average Bonchev–Trinajstić information content (AvgIpc) is 2.38. The van der Waals surface area contributed by atoms with Crippen molar-refractivity contribution in [3.8, 4) is 0 Å². The highest BCUT2D eigenvalue weighted by Crippen LogP contribution is 2.22. The maximum atomic E-state index is 12.0. The largest absolute Gasteiger partial charge is 0.395 e. The molecule has 0 bridgehead atoms. The van der Waals surface area contributed by atoms with Gasteiger partial charge in [0.15, 0.2) is 0 Å². The van der Waals surface area contributed by atoms with Gasteiger partial charge in [0.1, 0.15) is 5.78 Å². The summed E-state index contributed by atoms with van der Waals surface area (Å²) < 4.78 is 0. The molecule has 0 aromatic heterocycles. The summed E-state index contributed by atoms with van der Waals surface area (Å²) in [5, 5.41) is 9.12. The van der Waals surface area contributed by atoms with Crippen LogP contribution < -0.4 is 0 Å². The minimum Gasteiger partial charge on any atom is -0.395 e.